The van der Waals surface area contributed by atoms with Gasteiger partial charge < -0.3 is 10.2 Å². The number of hydrogen-bond acceptors (Lipinski definition) is 2. The minimum absolute atomic E-state index is 0.792. The Morgan fingerprint density at radius 1 is 1.36 bits per heavy atom. The van der Waals surface area contributed by atoms with E-state index in [0.717, 1.165) is 12.1 Å². The molecule has 1 saturated heterocycles. The molecule has 0 bridgehead atoms. The molecule has 0 aromatic carbocycles. The fourth-order valence-electron chi connectivity index (χ4n) is 1.92. The van der Waals surface area contributed by atoms with E-state index >= 15 is 0 Å². The van der Waals surface area contributed by atoms with Crippen LogP contribution in [0.3, 0.4) is 0 Å². The minimum atomic E-state index is 0.792. The molecule has 0 aromatic rings. The molecule has 2 nitrogen and oxygen atoms in total. The molecule has 1 aliphatic heterocycles. The van der Waals surface area contributed by atoms with Gasteiger partial charge in [-0.1, -0.05) is 0 Å². The smallest absolute Gasteiger partial charge is 0.0195 e. The highest BCUT2D eigenvalue weighted by molar-refractivity contribution is 4.86. The summed E-state index contributed by atoms with van der Waals surface area (Å²) in [5.41, 5.74) is 0. The molecular formula is C9H18N2. The number of nitrogens with one attached hydrogen (secondary N) is 1. The van der Waals surface area contributed by atoms with Gasteiger partial charge in [-0.05, 0) is 39.3 Å². The van der Waals surface area contributed by atoms with Gasteiger partial charge in [0.05, 0.1) is 0 Å². The summed E-state index contributed by atoms with van der Waals surface area (Å²) in [6.45, 7) is 2.51. The van der Waals surface area contributed by atoms with Crippen LogP contribution >= 0.6 is 0 Å². The van der Waals surface area contributed by atoms with Gasteiger partial charge in [0, 0.05) is 18.6 Å². The Labute approximate surface area is 69.0 Å². The average molecular weight is 154 g/mol. The number of hydrogen-bond donors (Lipinski definition) is 1. The standard InChI is InChI=1S/C9H18N2/c1-11(9-4-5-9)7-8-3-2-6-10-8/h8-10H,2-7H2,1H3/t8-/m1/s1. The fourth-order valence-corrected chi connectivity index (χ4v) is 1.92. The van der Waals surface area contributed by atoms with Gasteiger partial charge in [0.15, 0.2) is 0 Å². The second-order valence-corrected chi connectivity index (χ2v) is 3.96. The molecule has 2 fully saturated rings. The van der Waals surface area contributed by atoms with E-state index in [0.29, 0.717) is 0 Å². The summed E-state index contributed by atoms with van der Waals surface area (Å²) in [5.74, 6) is 0. The second-order valence-electron chi connectivity index (χ2n) is 3.96. The van der Waals surface area contributed by atoms with Crippen molar-refractivity contribution in [2.24, 2.45) is 0 Å². The first-order valence-corrected chi connectivity index (χ1v) is 4.80. The molecule has 2 heteroatoms. The van der Waals surface area contributed by atoms with Crippen molar-refractivity contribution in [2.75, 3.05) is 20.1 Å². The van der Waals surface area contributed by atoms with E-state index in [-0.39, 0.29) is 0 Å². The van der Waals surface area contributed by atoms with Crippen molar-refractivity contribution in [2.45, 2.75) is 37.8 Å². The first-order chi connectivity index (χ1) is 5.36. The Morgan fingerprint density at radius 3 is 2.73 bits per heavy atom. The van der Waals surface area contributed by atoms with Gasteiger partial charge in [-0.2, -0.15) is 0 Å². The summed E-state index contributed by atoms with van der Waals surface area (Å²) >= 11 is 0. The molecule has 0 spiro atoms. The van der Waals surface area contributed by atoms with E-state index in [1.165, 1.54) is 38.8 Å². The average Bonchev–Trinajstić information content (AvgIpc) is 2.73. The maximum Gasteiger partial charge on any atom is 0.0195 e. The van der Waals surface area contributed by atoms with Crippen LogP contribution in [0.25, 0.3) is 0 Å². The van der Waals surface area contributed by atoms with Crippen molar-refractivity contribution >= 4 is 0 Å². The van der Waals surface area contributed by atoms with Crippen molar-refractivity contribution in [3.05, 3.63) is 0 Å². The SMILES string of the molecule is CN(C[C@H]1CCCN1)C1CC1. The molecule has 1 heterocycles. The Bertz CT molecular complexity index is 126. The predicted molar refractivity (Wildman–Crippen MR) is 46.7 cm³/mol. The van der Waals surface area contributed by atoms with Gasteiger partial charge in [-0.3, -0.25) is 0 Å². The lowest BCUT2D eigenvalue weighted by Crippen LogP contribution is -2.36. The summed E-state index contributed by atoms with van der Waals surface area (Å²) in [6.07, 6.45) is 5.63. The molecule has 1 N–H and O–H groups in total. The van der Waals surface area contributed by atoms with Crippen molar-refractivity contribution in [1.82, 2.24) is 10.2 Å². The Hall–Kier alpha value is -0.0800. The molecular weight excluding hydrogens is 136 g/mol. The lowest BCUT2D eigenvalue weighted by molar-refractivity contribution is 0.291. The predicted octanol–water partition coefficient (Wildman–Crippen LogP) is 0.833. The molecule has 2 rings (SSSR count). The van der Waals surface area contributed by atoms with Crippen LogP contribution in [0.2, 0.25) is 0 Å². The van der Waals surface area contributed by atoms with Crippen LogP contribution in [-0.4, -0.2) is 37.1 Å². The highest BCUT2D eigenvalue weighted by Gasteiger charge is 2.28. The maximum atomic E-state index is 3.53. The van der Waals surface area contributed by atoms with E-state index in [1.807, 2.05) is 0 Å². The van der Waals surface area contributed by atoms with E-state index in [1.54, 1.807) is 0 Å². The molecule has 1 aliphatic carbocycles. The van der Waals surface area contributed by atoms with Crippen LogP contribution in [-0.2, 0) is 0 Å². The Morgan fingerprint density at radius 2 is 2.18 bits per heavy atom. The van der Waals surface area contributed by atoms with Gasteiger partial charge in [-0.25, -0.2) is 0 Å². The Balaban J connectivity index is 1.70. The van der Waals surface area contributed by atoms with Crippen LogP contribution in [0.4, 0.5) is 0 Å². The third-order valence-electron chi connectivity index (χ3n) is 2.84. The topological polar surface area (TPSA) is 15.3 Å². The molecule has 0 aromatic heterocycles. The van der Waals surface area contributed by atoms with Gasteiger partial charge in [0.2, 0.25) is 0 Å². The lowest BCUT2D eigenvalue weighted by atomic mass is 10.2. The summed E-state index contributed by atoms with van der Waals surface area (Å²) in [7, 11) is 2.26. The van der Waals surface area contributed by atoms with Crippen LogP contribution in [0.15, 0.2) is 0 Å². The number of nitrogens with zero attached hydrogens (tertiary/aromatic N) is 1. The quantitative estimate of drug-likeness (QED) is 0.648. The van der Waals surface area contributed by atoms with Crippen molar-refractivity contribution < 1.29 is 0 Å². The zero-order valence-electron chi connectivity index (χ0n) is 7.34. The zero-order valence-corrected chi connectivity index (χ0v) is 7.34. The first kappa shape index (κ1) is 7.56. The minimum Gasteiger partial charge on any atom is -0.313 e. The third kappa shape index (κ3) is 1.94. The molecule has 2 aliphatic rings. The van der Waals surface area contributed by atoms with Crippen LogP contribution in [0.1, 0.15) is 25.7 Å². The highest BCUT2D eigenvalue weighted by atomic mass is 15.2. The Kier molecular flexibility index (Phi) is 2.14. The number of rotatable bonds is 3. The molecule has 11 heavy (non-hydrogen) atoms. The van der Waals surface area contributed by atoms with Crippen LogP contribution in [0.5, 0.6) is 0 Å². The molecule has 0 amide bonds. The third-order valence-corrected chi connectivity index (χ3v) is 2.84. The second kappa shape index (κ2) is 3.11. The summed E-state index contributed by atoms with van der Waals surface area (Å²) in [5, 5.41) is 3.53. The van der Waals surface area contributed by atoms with Crippen LogP contribution < -0.4 is 5.32 Å². The van der Waals surface area contributed by atoms with E-state index in [4.69, 9.17) is 0 Å². The normalized spacial score (nSPS) is 31.6. The summed E-state index contributed by atoms with van der Waals surface area (Å²) in [6, 6.07) is 1.72. The summed E-state index contributed by atoms with van der Waals surface area (Å²) in [4.78, 5) is 2.52. The van der Waals surface area contributed by atoms with Gasteiger partial charge in [-0.15, -0.1) is 0 Å². The first-order valence-electron chi connectivity index (χ1n) is 4.80. The van der Waals surface area contributed by atoms with Crippen molar-refractivity contribution in [3.8, 4) is 0 Å². The van der Waals surface area contributed by atoms with E-state index in [9.17, 15) is 0 Å². The monoisotopic (exact) mass is 154 g/mol. The number of likely N-dealkylation sites (N-methyl/N-ethyl adjacent to an activating group) is 1. The maximum absolute atomic E-state index is 3.53. The van der Waals surface area contributed by atoms with Gasteiger partial charge in [0.1, 0.15) is 0 Å². The largest absolute Gasteiger partial charge is 0.313 e. The van der Waals surface area contributed by atoms with Gasteiger partial charge in [0.25, 0.3) is 0 Å². The molecule has 0 unspecified atom stereocenters. The van der Waals surface area contributed by atoms with E-state index in [2.05, 4.69) is 17.3 Å². The fraction of sp³-hybridized carbons (Fsp3) is 1.00. The van der Waals surface area contributed by atoms with E-state index < -0.39 is 0 Å². The van der Waals surface area contributed by atoms with Gasteiger partial charge >= 0.3 is 0 Å². The lowest BCUT2D eigenvalue weighted by Gasteiger charge is -2.20. The molecule has 1 atom stereocenters. The highest BCUT2D eigenvalue weighted by Crippen LogP contribution is 2.25. The van der Waals surface area contributed by atoms with Crippen molar-refractivity contribution in [1.29, 1.82) is 0 Å². The summed E-state index contributed by atoms with van der Waals surface area (Å²) < 4.78 is 0. The van der Waals surface area contributed by atoms with Crippen molar-refractivity contribution in [3.63, 3.8) is 0 Å². The molecule has 1 saturated carbocycles. The zero-order chi connectivity index (χ0) is 7.68. The molecule has 0 radical (unpaired) electrons. The molecule has 64 valence electrons. The van der Waals surface area contributed by atoms with Crippen LogP contribution in [0, 0.1) is 0 Å².